The molecule has 0 aromatic carbocycles. The Labute approximate surface area is 98.2 Å². The first-order chi connectivity index (χ1) is 7.93. The second-order valence-corrected chi connectivity index (χ2v) is 3.02. The van der Waals surface area contributed by atoms with E-state index in [-0.39, 0.29) is 17.1 Å². The van der Waals surface area contributed by atoms with Crippen LogP contribution in [-0.2, 0) is 19.1 Å². The predicted molar refractivity (Wildman–Crippen MR) is 58.4 cm³/mol. The molecule has 1 rings (SSSR count). The third-order valence-corrected chi connectivity index (χ3v) is 1.96. The zero-order valence-electron chi connectivity index (χ0n) is 9.43. The Balaban J connectivity index is 0.000000325. The lowest BCUT2D eigenvalue weighted by Gasteiger charge is -2.15. The normalized spacial score (nSPS) is 12.8. The zero-order valence-corrected chi connectivity index (χ0v) is 9.43. The first-order valence-corrected chi connectivity index (χ1v) is 4.91. The van der Waals surface area contributed by atoms with Gasteiger partial charge in [-0.2, -0.15) is 0 Å². The lowest BCUT2D eigenvalue weighted by atomic mass is 9.89. The van der Waals surface area contributed by atoms with Gasteiger partial charge in [-0.3, -0.25) is 0 Å². The lowest BCUT2D eigenvalue weighted by Crippen LogP contribution is -2.18. The number of carbonyl (C=O) groups excluding carboxylic acids is 1. The molecule has 6 nitrogen and oxygen atoms in total. The van der Waals surface area contributed by atoms with Crippen molar-refractivity contribution >= 4 is 17.9 Å². The van der Waals surface area contributed by atoms with Crippen molar-refractivity contribution in [3.8, 4) is 0 Å². The van der Waals surface area contributed by atoms with E-state index >= 15 is 0 Å². The highest BCUT2D eigenvalue weighted by molar-refractivity contribution is 6.01. The van der Waals surface area contributed by atoms with Crippen LogP contribution in [0.1, 0.15) is 19.8 Å². The fourth-order valence-corrected chi connectivity index (χ4v) is 1.05. The summed E-state index contributed by atoms with van der Waals surface area (Å²) in [6, 6.07) is 0. The molecule has 0 aromatic rings. The molecule has 0 atom stereocenters. The van der Waals surface area contributed by atoms with Crippen LogP contribution in [0.4, 0.5) is 0 Å². The molecule has 6 heteroatoms. The number of esters is 1. The first kappa shape index (κ1) is 14.9. The molecule has 94 valence electrons. The topological polar surface area (TPSA) is 101 Å². The number of aliphatic carboxylic acids is 2. The number of rotatable bonds is 4. The van der Waals surface area contributed by atoms with Crippen molar-refractivity contribution in [2.45, 2.75) is 19.8 Å². The van der Waals surface area contributed by atoms with Crippen molar-refractivity contribution < 1.29 is 29.3 Å². The minimum Gasteiger partial charge on any atom is -0.478 e. The first-order valence-electron chi connectivity index (χ1n) is 4.91. The van der Waals surface area contributed by atoms with E-state index in [1.54, 1.807) is 6.92 Å². The van der Waals surface area contributed by atoms with Gasteiger partial charge in [0.25, 0.3) is 0 Å². The third-order valence-electron chi connectivity index (χ3n) is 1.96. The Kier molecular flexibility index (Phi) is 6.32. The van der Waals surface area contributed by atoms with Gasteiger partial charge < -0.3 is 14.9 Å². The summed E-state index contributed by atoms with van der Waals surface area (Å²) in [5.41, 5.74) is 0.0972. The molecule has 0 fully saturated rings. The molecule has 1 aliphatic carbocycles. The molecule has 0 radical (unpaired) electrons. The van der Waals surface area contributed by atoms with Crippen LogP contribution in [0.5, 0.6) is 0 Å². The molecule has 0 saturated carbocycles. The Morgan fingerprint density at radius 1 is 1.24 bits per heavy atom. The largest absolute Gasteiger partial charge is 0.478 e. The molecule has 0 amide bonds. The summed E-state index contributed by atoms with van der Waals surface area (Å²) >= 11 is 0. The van der Waals surface area contributed by atoms with Gasteiger partial charge in [-0.25, -0.2) is 14.4 Å². The van der Waals surface area contributed by atoms with Crippen molar-refractivity contribution in [1.29, 1.82) is 0 Å². The van der Waals surface area contributed by atoms with E-state index < -0.39 is 11.9 Å². The van der Waals surface area contributed by atoms with Crippen molar-refractivity contribution in [2.24, 2.45) is 0 Å². The molecular weight excluding hydrogens is 228 g/mol. The number of hydrogen-bond acceptors (Lipinski definition) is 4. The van der Waals surface area contributed by atoms with Gasteiger partial charge in [0.15, 0.2) is 0 Å². The maximum atomic E-state index is 10.2. The van der Waals surface area contributed by atoms with Crippen LogP contribution >= 0.6 is 0 Å². The second kappa shape index (κ2) is 7.21. The molecule has 0 saturated heterocycles. The predicted octanol–water partition coefficient (Wildman–Crippen LogP) is 0.981. The summed E-state index contributed by atoms with van der Waals surface area (Å²) in [5, 5.41) is 16.7. The molecule has 1 aliphatic rings. The minimum absolute atomic E-state index is 0.0486. The maximum absolute atomic E-state index is 10.2. The van der Waals surface area contributed by atoms with E-state index in [2.05, 4.69) is 11.3 Å². The quantitative estimate of drug-likeness (QED) is 0.563. The molecule has 0 unspecified atom stereocenters. The van der Waals surface area contributed by atoms with Crippen LogP contribution in [0.15, 0.2) is 23.8 Å². The Morgan fingerprint density at radius 2 is 1.65 bits per heavy atom. The molecule has 0 spiro atoms. The van der Waals surface area contributed by atoms with E-state index in [9.17, 15) is 14.4 Å². The standard InChI is InChI=1S/C6H6O4.C5H8O2/c7-5(8)3-1-2-4(3)6(9)10;1-3-5(6)7-4-2/h1-2H2,(H,7,8)(H,9,10);3H,1,4H2,2H3. The van der Waals surface area contributed by atoms with Gasteiger partial charge in [-0.15, -0.1) is 0 Å². The van der Waals surface area contributed by atoms with E-state index in [0.717, 1.165) is 6.08 Å². The fraction of sp³-hybridized carbons (Fsp3) is 0.364. The Morgan fingerprint density at radius 3 is 1.76 bits per heavy atom. The van der Waals surface area contributed by atoms with E-state index in [0.29, 0.717) is 19.4 Å². The molecule has 0 aliphatic heterocycles. The monoisotopic (exact) mass is 242 g/mol. The van der Waals surface area contributed by atoms with Gasteiger partial charge >= 0.3 is 17.9 Å². The Hall–Kier alpha value is -2.11. The molecule has 0 bridgehead atoms. The molecule has 0 aromatic heterocycles. The highest BCUT2D eigenvalue weighted by Crippen LogP contribution is 2.27. The third kappa shape index (κ3) is 4.96. The molecule has 2 N–H and O–H groups in total. The van der Waals surface area contributed by atoms with Crippen LogP contribution in [-0.4, -0.2) is 34.7 Å². The van der Waals surface area contributed by atoms with Gasteiger partial charge in [0.1, 0.15) is 0 Å². The summed E-state index contributed by atoms with van der Waals surface area (Å²) in [4.78, 5) is 30.4. The minimum atomic E-state index is -1.11. The number of carboxylic acids is 2. The van der Waals surface area contributed by atoms with Crippen LogP contribution in [0, 0.1) is 0 Å². The fourth-order valence-electron chi connectivity index (χ4n) is 1.05. The van der Waals surface area contributed by atoms with Crippen molar-refractivity contribution in [1.82, 2.24) is 0 Å². The van der Waals surface area contributed by atoms with E-state index in [1.165, 1.54) is 0 Å². The summed E-state index contributed by atoms with van der Waals surface area (Å²) in [5.74, 6) is -2.57. The number of hydrogen-bond donors (Lipinski definition) is 2. The summed E-state index contributed by atoms with van der Waals surface area (Å²) < 4.78 is 4.43. The van der Waals surface area contributed by atoms with E-state index in [4.69, 9.17) is 10.2 Å². The highest BCUT2D eigenvalue weighted by Gasteiger charge is 2.27. The SMILES string of the molecule is C=CC(=O)OCC.O=C(O)C1=C(C(=O)O)CC1. The maximum Gasteiger partial charge on any atom is 0.332 e. The average molecular weight is 242 g/mol. The van der Waals surface area contributed by atoms with Crippen molar-refractivity contribution in [2.75, 3.05) is 6.61 Å². The second-order valence-electron chi connectivity index (χ2n) is 3.02. The number of ether oxygens (including phenoxy) is 1. The van der Waals surface area contributed by atoms with Gasteiger partial charge in [-0.05, 0) is 19.8 Å². The zero-order chi connectivity index (χ0) is 13.4. The van der Waals surface area contributed by atoms with Gasteiger partial charge in [0.05, 0.1) is 6.61 Å². The van der Waals surface area contributed by atoms with Gasteiger partial charge in [0.2, 0.25) is 0 Å². The van der Waals surface area contributed by atoms with Crippen LogP contribution in [0.2, 0.25) is 0 Å². The highest BCUT2D eigenvalue weighted by atomic mass is 16.5. The molecule has 17 heavy (non-hydrogen) atoms. The van der Waals surface area contributed by atoms with E-state index in [1.807, 2.05) is 0 Å². The van der Waals surface area contributed by atoms with Crippen molar-refractivity contribution in [3.05, 3.63) is 23.8 Å². The summed E-state index contributed by atoms with van der Waals surface area (Å²) in [6.07, 6.45) is 1.91. The van der Waals surface area contributed by atoms with Gasteiger partial charge in [-0.1, -0.05) is 6.58 Å². The summed E-state index contributed by atoms with van der Waals surface area (Å²) in [7, 11) is 0. The molecular formula is C11H14O6. The van der Waals surface area contributed by atoms with Crippen LogP contribution in [0.3, 0.4) is 0 Å². The summed E-state index contributed by atoms with van der Waals surface area (Å²) in [6.45, 7) is 5.38. The van der Waals surface area contributed by atoms with Gasteiger partial charge in [0, 0.05) is 17.2 Å². The average Bonchev–Trinajstić information content (AvgIpc) is 2.15. The lowest BCUT2D eigenvalue weighted by molar-refractivity contribution is -0.137. The molecule has 0 heterocycles. The Bertz CT molecular complexity index is 342. The van der Waals surface area contributed by atoms with Crippen LogP contribution < -0.4 is 0 Å². The number of carbonyl (C=O) groups is 3. The van der Waals surface area contributed by atoms with Crippen LogP contribution in [0.25, 0.3) is 0 Å². The van der Waals surface area contributed by atoms with Crippen molar-refractivity contribution in [3.63, 3.8) is 0 Å². The smallest absolute Gasteiger partial charge is 0.332 e. The number of carboxylic acid groups (broad SMARTS) is 2.